The lowest BCUT2D eigenvalue weighted by atomic mass is 9.97. The number of hydrogen-bond donors (Lipinski definition) is 0. The smallest absolute Gasteiger partial charge is 0.303 e. The van der Waals surface area contributed by atoms with E-state index in [1.54, 1.807) is 0 Å². The van der Waals surface area contributed by atoms with E-state index in [4.69, 9.17) is 4.74 Å². The van der Waals surface area contributed by atoms with E-state index in [-0.39, 0.29) is 12.1 Å². The standard InChI is InChI=1S/C12H22O2/c1-8(2)7-10(5)12(9(3)4)14-11(6)13/h7-9,12H,1-6H3/b10-7+. The summed E-state index contributed by atoms with van der Waals surface area (Å²) in [6.45, 7) is 11.8. The topological polar surface area (TPSA) is 26.3 Å². The molecular weight excluding hydrogens is 176 g/mol. The summed E-state index contributed by atoms with van der Waals surface area (Å²) in [6.07, 6.45) is 2.07. The van der Waals surface area contributed by atoms with Crippen LogP contribution in [0.4, 0.5) is 0 Å². The van der Waals surface area contributed by atoms with E-state index in [0.29, 0.717) is 11.8 Å². The number of hydrogen-bond acceptors (Lipinski definition) is 2. The highest BCUT2D eigenvalue weighted by molar-refractivity contribution is 5.66. The molecule has 0 rings (SSSR count). The molecular formula is C12H22O2. The molecule has 0 aliphatic carbocycles. The van der Waals surface area contributed by atoms with Crippen LogP contribution in [0.15, 0.2) is 11.6 Å². The first-order valence-electron chi connectivity index (χ1n) is 5.20. The maximum atomic E-state index is 10.9. The zero-order valence-corrected chi connectivity index (χ0v) is 10.1. The molecule has 0 aromatic heterocycles. The van der Waals surface area contributed by atoms with Crippen LogP contribution in [0.5, 0.6) is 0 Å². The first-order chi connectivity index (χ1) is 6.34. The summed E-state index contributed by atoms with van der Waals surface area (Å²) in [5, 5.41) is 0. The van der Waals surface area contributed by atoms with Gasteiger partial charge in [-0.25, -0.2) is 0 Å². The van der Waals surface area contributed by atoms with Crippen molar-refractivity contribution in [1.29, 1.82) is 0 Å². The van der Waals surface area contributed by atoms with Gasteiger partial charge in [-0.3, -0.25) is 4.79 Å². The highest BCUT2D eigenvalue weighted by Gasteiger charge is 2.18. The van der Waals surface area contributed by atoms with Crippen LogP contribution in [-0.2, 0) is 9.53 Å². The molecule has 0 saturated carbocycles. The maximum absolute atomic E-state index is 10.9. The first kappa shape index (κ1) is 13.2. The van der Waals surface area contributed by atoms with Crippen LogP contribution in [0, 0.1) is 11.8 Å². The second-order valence-electron chi connectivity index (χ2n) is 4.43. The van der Waals surface area contributed by atoms with E-state index < -0.39 is 0 Å². The Morgan fingerprint density at radius 3 is 1.93 bits per heavy atom. The summed E-state index contributed by atoms with van der Waals surface area (Å²) in [4.78, 5) is 10.9. The third kappa shape index (κ3) is 5.05. The molecule has 0 radical (unpaired) electrons. The van der Waals surface area contributed by atoms with E-state index >= 15 is 0 Å². The van der Waals surface area contributed by atoms with Gasteiger partial charge >= 0.3 is 5.97 Å². The zero-order valence-electron chi connectivity index (χ0n) is 10.1. The zero-order chi connectivity index (χ0) is 11.3. The molecule has 0 amide bonds. The molecule has 0 aromatic carbocycles. The van der Waals surface area contributed by atoms with Gasteiger partial charge < -0.3 is 4.74 Å². The molecule has 0 aliphatic heterocycles. The molecule has 0 bridgehead atoms. The van der Waals surface area contributed by atoms with Crippen molar-refractivity contribution in [3.05, 3.63) is 11.6 Å². The van der Waals surface area contributed by atoms with Crippen molar-refractivity contribution in [2.45, 2.75) is 47.6 Å². The van der Waals surface area contributed by atoms with Crippen molar-refractivity contribution < 1.29 is 9.53 Å². The quantitative estimate of drug-likeness (QED) is 0.512. The van der Waals surface area contributed by atoms with E-state index in [1.807, 2.05) is 6.92 Å². The van der Waals surface area contributed by atoms with Gasteiger partial charge in [0.2, 0.25) is 0 Å². The Kier molecular flexibility index (Phi) is 5.51. The summed E-state index contributed by atoms with van der Waals surface area (Å²) < 4.78 is 5.27. The third-order valence-corrected chi connectivity index (χ3v) is 1.94. The summed E-state index contributed by atoms with van der Waals surface area (Å²) in [5.74, 6) is 0.612. The fourth-order valence-electron chi connectivity index (χ4n) is 1.55. The predicted molar refractivity (Wildman–Crippen MR) is 59.0 cm³/mol. The second-order valence-corrected chi connectivity index (χ2v) is 4.43. The third-order valence-electron chi connectivity index (χ3n) is 1.94. The number of allylic oxidation sites excluding steroid dienone is 1. The van der Waals surface area contributed by atoms with E-state index in [0.717, 1.165) is 5.57 Å². The molecule has 0 aromatic rings. The van der Waals surface area contributed by atoms with Crippen LogP contribution < -0.4 is 0 Å². The normalized spacial score (nSPS) is 14.7. The highest BCUT2D eigenvalue weighted by atomic mass is 16.5. The lowest BCUT2D eigenvalue weighted by molar-refractivity contribution is -0.146. The molecule has 2 nitrogen and oxygen atoms in total. The van der Waals surface area contributed by atoms with E-state index in [1.165, 1.54) is 6.92 Å². The van der Waals surface area contributed by atoms with Crippen molar-refractivity contribution >= 4 is 5.97 Å². The Balaban J connectivity index is 4.56. The molecule has 0 fully saturated rings. The highest BCUT2D eigenvalue weighted by Crippen LogP contribution is 2.17. The van der Waals surface area contributed by atoms with Crippen molar-refractivity contribution in [2.24, 2.45) is 11.8 Å². The minimum absolute atomic E-state index is 0.0742. The minimum atomic E-state index is -0.208. The van der Waals surface area contributed by atoms with Crippen molar-refractivity contribution in [3.63, 3.8) is 0 Å². The summed E-state index contributed by atoms with van der Waals surface area (Å²) in [7, 11) is 0. The van der Waals surface area contributed by atoms with Gasteiger partial charge in [-0.1, -0.05) is 33.8 Å². The lowest BCUT2D eigenvalue weighted by Gasteiger charge is -2.22. The SMILES string of the molecule is CC(=O)OC(/C(C)=C/C(C)C)C(C)C. The van der Waals surface area contributed by atoms with Gasteiger partial charge in [-0.2, -0.15) is 0 Å². The summed E-state index contributed by atoms with van der Waals surface area (Å²) in [5.41, 5.74) is 1.14. The van der Waals surface area contributed by atoms with Crippen LogP contribution in [0.25, 0.3) is 0 Å². The molecule has 1 unspecified atom stereocenters. The monoisotopic (exact) mass is 198 g/mol. The van der Waals surface area contributed by atoms with Crippen LogP contribution >= 0.6 is 0 Å². The average molecular weight is 198 g/mol. The molecule has 14 heavy (non-hydrogen) atoms. The fraction of sp³-hybridized carbons (Fsp3) is 0.750. The molecule has 2 heteroatoms. The van der Waals surface area contributed by atoms with Crippen molar-refractivity contribution in [3.8, 4) is 0 Å². The van der Waals surface area contributed by atoms with Gasteiger partial charge in [0, 0.05) is 6.92 Å². The average Bonchev–Trinajstić information content (AvgIpc) is 1.97. The van der Waals surface area contributed by atoms with Gasteiger partial charge in [0.25, 0.3) is 0 Å². The lowest BCUT2D eigenvalue weighted by Crippen LogP contribution is -2.23. The van der Waals surface area contributed by atoms with Crippen LogP contribution in [0.3, 0.4) is 0 Å². The molecule has 0 spiro atoms. The Morgan fingerprint density at radius 2 is 1.64 bits per heavy atom. The maximum Gasteiger partial charge on any atom is 0.303 e. The Morgan fingerprint density at radius 1 is 1.14 bits per heavy atom. The van der Waals surface area contributed by atoms with Gasteiger partial charge in [0.05, 0.1) is 0 Å². The molecule has 82 valence electrons. The predicted octanol–water partition coefficient (Wildman–Crippen LogP) is 3.18. The molecule has 0 aliphatic rings. The number of ether oxygens (including phenoxy) is 1. The Bertz CT molecular complexity index is 214. The van der Waals surface area contributed by atoms with Gasteiger partial charge in [-0.15, -0.1) is 0 Å². The molecule has 0 saturated heterocycles. The first-order valence-corrected chi connectivity index (χ1v) is 5.20. The number of carbonyl (C=O) groups is 1. The number of rotatable bonds is 4. The second kappa shape index (κ2) is 5.84. The summed E-state index contributed by atoms with van der Waals surface area (Å²) in [6, 6.07) is 0. The van der Waals surface area contributed by atoms with E-state index in [2.05, 4.69) is 33.8 Å². The van der Waals surface area contributed by atoms with Crippen LogP contribution in [0.1, 0.15) is 41.5 Å². The van der Waals surface area contributed by atoms with Gasteiger partial charge in [0.15, 0.2) is 0 Å². The van der Waals surface area contributed by atoms with Gasteiger partial charge in [-0.05, 0) is 24.3 Å². The molecule has 1 atom stereocenters. The number of esters is 1. The molecule has 0 N–H and O–H groups in total. The van der Waals surface area contributed by atoms with Crippen LogP contribution in [0.2, 0.25) is 0 Å². The van der Waals surface area contributed by atoms with Crippen LogP contribution in [-0.4, -0.2) is 12.1 Å². The van der Waals surface area contributed by atoms with Gasteiger partial charge in [0.1, 0.15) is 6.10 Å². The van der Waals surface area contributed by atoms with Crippen molar-refractivity contribution in [1.82, 2.24) is 0 Å². The summed E-state index contributed by atoms with van der Waals surface area (Å²) >= 11 is 0. The van der Waals surface area contributed by atoms with Crippen molar-refractivity contribution in [2.75, 3.05) is 0 Å². The van der Waals surface area contributed by atoms with E-state index in [9.17, 15) is 4.79 Å². The minimum Gasteiger partial charge on any atom is -0.458 e. The fourth-order valence-corrected chi connectivity index (χ4v) is 1.55. The number of carbonyl (C=O) groups excluding carboxylic acids is 1. The largest absolute Gasteiger partial charge is 0.458 e. The molecule has 0 heterocycles. The Labute approximate surface area is 87.3 Å². The Hall–Kier alpha value is -0.790.